The van der Waals surface area contributed by atoms with Crippen LogP contribution in [0.3, 0.4) is 0 Å². The number of rotatable bonds is 6. The topological polar surface area (TPSA) is 50.4 Å². The molecule has 0 spiro atoms. The summed E-state index contributed by atoms with van der Waals surface area (Å²) in [6, 6.07) is 17.4. The van der Waals surface area contributed by atoms with Crippen LogP contribution in [0, 0.1) is 0 Å². The van der Waals surface area contributed by atoms with Crippen LogP contribution in [-0.2, 0) is 0 Å². The largest absolute Gasteiger partial charge is 0.494 e. The maximum atomic E-state index is 12.1. The SMILES string of the molecule is CCOc1ccc(C(C)NC(=O)NC(C)c2ccccc2)cc1. The summed E-state index contributed by atoms with van der Waals surface area (Å²) in [4.78, 5) is 12.1. The Bertz CT molecular complexity index is 611. The van der Waals surface area contributed by atoms with E-state index in [0.717, 1.165) is 16.9 Å². The minimum Gasteiger partial charge on any atom is -0.494 e. The summed E-state index contributed by atoms with van der Waals surface area (Å²) in [7, 11) is 0. The lowest BCUT2D eigenvalue weighted by molar-refractivity contribution is 0.235. The summed E-state index contributed by atoms with van der Waals surface area (Å²) in [5.41, 5.74) is 2.12. The molecule has 2 aromatic rings. The highest BCUT2D eigenvalue weighted by Crippen LogP contribution is 2.18. The number of hydrogen-bond donors (Lipinski definition) is 2. The average molecular weight is 312 g/mol. The summed E-state index contributed by atoms with van der Waals surface area (Å²) in [6.45, 7) is 6.53. The molecule has 0 radical (unpaired) electrons. The molecular formula is C19H24N2O2. The van der Waals surface area contributed by atoms with Gasteiger partial charge in [-0.1, -0.05) is 42.5 Å². The number of hydrogen-bond acceptors (Lipinski definition) is 2. The Kier molecular flexibility index (Phi) is 6.03. The van der Waals surface area contributed by atoms with Gasteiger partial charge in [0.25, 0.3) is 0 Å². The molecule has 0 saturated carbocycles. The lowest BCUT2D eigenvalue weighted by Crippen LogP contribution is -2.38. The molecular weight excluding hydrogens is 288 g/mol. The summed E-state index contributed by atoms with van der Waals surface area (Å²) < 4.78 is 5.42. The Balaban J connectivity index is 1.89. The lowest BCUT2D eigenvalue weighted by atomic mass is 10.1. The predicted molar refractivity (Wildman–Crippen MR) is 92.6 cm³/mol. The van der Waals surface area contributed by atoms with Crippen LogP contribution in [0.2, 0.25) is 0 Å². The maximum Gasteiger partial charge on any atom is 0.315 e. The minimum absolute atomic E-state index is 0.0382. The number of carbonyl (C=O) groups excluding carboxylic acids is 1. The van der Waals surface area contributed by atoms with Gasteiger partial charge in [-0.25, -0.2) is 4.79 Å². The van der Waals surface area contributed by atoms with Crippen molar-refractivity contribution in [2.45, 2.75) is 32.9 Å². The van der Waals surface area contributed by atoms with E-state index in [4.69, 9.17) is 4.74 Å². The standard InChI is InChI=1S/C19H24N2O2/c1-4-23-18-12-10-17(11-13-18)15(3)21-19(22)20-14(2)16-8-6-5-7-9-16/h5-15H,4H2,1-3H3,(H2,20,21,22). The predicted octanol–water partition coefficient (Wildman–Crippen LogP) is 4.21. The lowest BCUT2D eigenvalue weighted by Gasteiger charge is -2.19. The smallest absolute Gasteiger partial charge is 0.315 e. The fourth-order valence-electron chi connectivity index (χ4n) is 2.36. The second-order valence-electron chi connectivity index (χ2n) is 5.47. The fourth-order valence-corrected chi connectivity index (χ4v) is 2.36. The molecule has 4 heteroatoms. The van der Waals surface area contributed by atoms with Crippen molar-refractivity contribution in [1.29, 1.82) is 0 Å². The van der Waals surface area contributed by atoms with Crippen LogP contribution in [0.4, 0.5) is 4.79 Å². The third-order valence-corrected chi connectivity index (χ3v) is 3.69. The van der Waals surface area contributed by atoms with Crippen molar-refractivity contribution in [3.8, 4) is 5.75 Å². The molecule has 0 heterocycles. The van der Waals surface area contributed by atoms with Gasteiger partial charge >= 0.3 is 6.03 Å². The Morgan fingerprint density at radius 2 is 1.43 bits per heavy atom. The van der Waals surface area contributed by atoms with Crippen molar-refractivity contribution >= 4 is 6.03 Å². The molecule has 2 aromatic carbocycles. The van der Waals surface area contributed by atoms with E-state index in [2.05, 4.69) is 10.6 Å². The first-order valence-electron chi connectivity index (χ1n) is 7.95. The number of ether oxygens (including phenoxy) is 1. The second-order valence-corrected chi connectivity index (χ2v) is 5.47. The van der Waals surface area contributed by atoms with Gasteiger partial charge in [-0.2, -0.15) is 0 Å². The van der Waals surface area contributed by atoms with Crippen molar-refractivity contribution in [3.63, 3.8) is 0 Å². The minimum atomic E-state index is -0.178. The molecule has 2 rings (SSSR count). The third-order valence-electron chi connectivity index (χ3n) is 3.69. The molecule has 0 aliphatic heterocycles. The fraction of sp³-hybridized carbons (Fsp3) is 0.316. The van der Waals surface area contributed by atoms with Crippen LogP contribution in [0.15, 0.2) is 54.6 Å². The summed E-state index contributed by atoms with van der Waals surface area (Å²) in [5.74, 6) is 0.839. The molecule has 0 aliphatic carbocycles. The first-order valence-corrected chi connectivity index (χ1v) is 7.95. The second kappa shape index (κ2) is 8.22. The van der Waals surface area contributed by atoms with Gasteiger partial charge in [-0.05, 0) is 44.0 Å². The molecule has 0 bridgehead atoms. The zero-order valence-electron chi connectivity index (χ0n) is 13.9. The van der Waals surface area contributed by atoms with E-state index in [1.54, 1.807) is 0 Å². The van der Waals surface area contributed by atoms with Crippen LogP contribution >= 0.6 is 0 Å². The molecule has 2 amide bonds. The molecule has 2 atom stereocenters. The molecule has 0 aromatic heterocycles. The van der Waals surface area contributed by atoms with E-state index in [1.807, 2.05) is 75.4 Å². The Morgan fingerprint density at radius 3 is 1.96 bits per heavy atom. The Labute approximate surface area is 137 Å². The molecule has 0 saturated heterocycles. The van der Waals surface area contributed by atoms with Crippen LogP contribution < -0.4 is 15.4 Å². The van der Waals surface area contributed by atoms with E-state index in [9.17, 15) is 4.79 Å². The highest BCUT2D eigenvalue weighted by Gasteiger charge is 2.12. The van der Waals surface area contributed by atoms with Gasteiger partial charge in [0.2, 0.25) is 0 Å². The molecule has 0 fully saturated rings. The highest BCUT2D eigenvalue weighted by atomic mass is 16.5. The van der Waals surface area contributed by atoms with Crippen molar-refractivity contribution in [1.82, 2.24) is 10.6 Å². The van der Waals surface area contributed by atoms with E-state index < -0.39 is 0 Å². The maximum absolute atomic E-state index is 12.1. The van der Waals surface area contributed by atoms with E-state index in [0.29, 0.717) is 6.61 Å². The zero-order chi connectivity index (χ0) is 16.7. The van der Waals surface area contributed by atoms with Gasteiger partial charge < -0.3 is 15.4 Å². The Morgan fingerprint density at radius 1 is 0.913 bits per heavy atom. The number of nitrogens with one attached hydrogen (secondary N) is 2. The Hall–Kier alpha value is -2.49. The number of amides is 2. The zero-order valence-corrected chi connectivity index (χ0v) is 13.9. The molecule has 0 aliphatic rings. The van der Waals surface area contributed by atoms with E-state index in [1.165, 1.54) is 0 Å². The molecule has 122 valence electrons. The molecule has 23 heavy (non-hydrogen) atoms. The van der Waals surface area contributed by atoms with Crippen LogP contribution in [0.25, 0.3) is 0 Å². The highest BCUT2D eigenvalue weighted by molar-refractivity contribution is 5.74. The first kappa shape index (κ1) is 16.9. The quantitative estimate of drug-likeness (QED) is 0.839. The van der Waals surface area contributed by atoms with Gasteiger partial charge in [-0.15, -0.1) is 0 Å². The normalized spacial score (nSPS) is 13.0. The van der Waals surface area contributed by atoms with E-state index >= 15 is 0 Å². The monoisotopic (exact) mass is 312 g/mol. The number of carbonyl (C=O) groups is 1. The molecule has 2 N–H and O–H groups in total. The summed E-state index contributed by atoms with van der Waals surface area (Å²) in [5, 5.41) is 5.91. The summed E-state index contributed by atoms with van der Waals surface area (Å²) >= 11 is 0. The molecule has 4 nitrogen and oxygen atoms in total. The van der Waals surface area contributed by atoms with E-state index in [-0.39, 0.29) is 18.1 Å². The first-order chi connectivity index (χ1) is 11.1. The van der Waals surface area contributed by atoms with Crippen molar-refractivity contribution in [2.24, 2.45) is 0 Å². The third kappa shape index (κ3) is 5.02. The van der Waals surface area contributed by atoms with Crippen molar-refractivity contribution in [3.05, 3.63) is 65.7 Å². The van der Waals surface area contributed by atoms with Gasteiger partial charge in [0.15, 0.2) is 0 Å². The van der Waals surface area contributed by atoms with Crippen LogP contribution in [0.5, 0.6) is 5.75 Å². The van der Waals surface area contributed by atoms with Crippen LogP contribution in [0.1, 0.15) is 44.0 Å². The van der Waals surface area contributed by atoms with Gasteiger partial charge in [0.05, 0.1) is 18.7 Å². The molecule has 2 unspecified atom stereocenters. The van der Waals surface area contributed by atoms with Gasteiger partial charge in [0.1, 0.15) is 5.75 Å². The van der Waals surface area contributed by atoms with Crippen molar-refractivity contribution in [2.75, 3.05) is 6.61 Å². The number of benzene rings is 2. The van der Waals surface area contributed by atoms with Gasteiger partial charge in [-0.3, -0.25) is 0 Å². The van der Waals surface area contributed by atoms with Crippen molar-refractivity contribution < 1.29 is 9.53 Å². The summed E-state index contributed by atoms with van der Waals surface area (Å²) in [6.07, 6.45) is 0. The van der Waals surface area contributed by atoms with Gasteiger partial charge in [0, 0.05) is 0 Å². The average Bonchev–Trinajstić information content (AvgIpc) is 2.56. The number of urea groups is 1. The van der Waals surface area contributed by atoms with Crippen LogP contribution in [-0.4, -0.2) is 12.6 Å².